The van der Waals surface area contributed by atoms with Crippen molar-refractivity contribution in [1.29, 1.82) is 5.26 Å². The Morgan fingerprint density at radius 2 is 2.10 bits per heavy atom. The molecule has 3 heterocycles. The molecule has 0 aliphatic carbocycles. The predicted octanol–water partition coefficient (Wildman–Crippen LogP) is 3.75. The molecule has 2 atom stereocenters. The summed E-state index contributed by atoms with van der Waals surface area (Å²) in [7, 11) is 0. The molecule has 7 heteroatoms. The van der Waals surface area contributed by atoms with Crippen molar-refractivity contribution in [2.45, 2.75) is 39.3 Å². The Balaban J connectivity index is 1.75. The third kappa shape index (κ3) is 3.57. The SMILES string of the molecule is CC(=O)N1c2ccc(-n3cnc(C)c3)cc2C(Nc2ccc(C#N)cn2)C[C@H]1C. The minimum atomic E-state index is -0.0133. The van der Waals surface area contributed by atoms with Gasteiger partial charge in [0, 0.05) is 42.3 Å². The first-order valence-electron chi connectivity index (χ1n) is 9.53. The molecule has 29 heavy (non-hydrogen) atoms. The molecule has 1 unspecified atom stereocenters. The normalized spacial score (nSPS) is 18.1. The zero-order valence-corrected chi connectivity index (χ0v) is 16.6. The van der Waals surface area contributed by atoms with Gasteiger partial charge in [-0.25, -0.2) is 9.97 Å². The van der Waals surface area contributed by atoms with Crippen molar-refractivity contribution >= 4 is 17.4 Å². The van der Waals surface area contributed by atoms with Crippen LogP contribution in [0.25, 0.3) is 5.69 Å². The van der Waals surface area contributed by atoms with Gasteiger partial charge in [0.1, 0.15) is 11.9 Å². The number of amides is 1. The number of hydrogen-bond donors (Lipinski definition) is 1. The molecule has 4 rings (SSSR count). The molecule has 7 nitrogen and oxygen atoms in total. The first kappa shape index (κ1) is 18.7. The van der Waals surface area contributed by atoms with Crippen molar-refractivity contribution in [2.75, 3.05) is 10.2 Å². The molecular weight excluding hydrogens is 364 g/mol. The summed E-state index contributed by atoms with van der Waals surface area (Å²) in [6.45, 7) is 5.61. The second-order valence-electron chi connectivity index (χ2n) is 7.38. The van der Waals surface area contributed by atoms with Crippen LogP contribution >= 0.6 is 0 Å². The molecular formula is C22H22N6O. The molecule has 1 amide bonds. The maximum Gasteiger partial charge on any atom is 0.224 e. The quantitative estimate of drug-likeness (QED) is 0.741. The lowest BCUT2D eigenvalue weighted by molar-refractivity contribution is -0.117. The van der Waals surface area contributed by atoms with Gasteiger partial charge in [0.05, 0.1) is 23.6 Å². The van der Waals surface area contributed by atoms with Crippen molar-refractivity contribution in [3.8, 4) is 11.8 Å². The van der Waals surface area contributed by atoms with Gasteiger partial charge in [-0.3, -0.25) is 4.79 Å². The molecule has 0 spiro atoms. The van der Waals surface area contributed by atoms with E-state index in [0.717, 1.165) is 29.1 Å². The predicted molar refractivity (Wildman–Crippen MR) is 111 cm³/mol. The number of aryl methyl sites for hydroxylation is 1. The summed E-state index contributed by atoms with van der Waals surface area (Å²) in [6, 6.07) is 11.8. The lowest BCUT2D eigenvalue weighted by Gasteiger charge is -2.39. The van der Waals surface area contributed by atoms with Crippen LogP contribution < -0.4 is 10.2 Å². The highest BCUT2D eigenvalue weighted by Gasteiger charge is 2.32. The molecule has 1 aliphatic rings. The number of pyridine rings is 1. The molecule has 3 aromatic rings. The Morgan fingerprint density at radius 3 is 2.72 bits per heavy atom. The van der Waals surface area contributed by atoms with Gasteiger partial charge in [0.25, 0.3) is 0 Å². The number of nitrogens with one attached hydrogen (secondary N) is 1. The second-order valence-corrected chi connectivity index (χ2v) is 7.38. The van der Waals surface area contributed by atoms with Crippen molar-refractivity contribution in [1.82, 2.24) is 14.5 Å². The van der Waals surface area contributed by atoms with Crippen molar-refractivity contribution in [3.63, 3.8) is 0 Å². The largest absolute Gasteiger partial charge is 0.363 e. The Labute approximate surface area is 169 Å². The topological polar surface area (TPSA) is 86.8 Å². The van der Waals surface area contributed by atoms with E-state index in [9.17, 15) is 4.79 Å². The van der Waals surface area contributed by atoms with Crippen LogP contribution in [0, 0.1) is 18.3 Å². The minimum Gasteiger partial charge on any atom is -0.363 e. The average molecular weight is 386 g/mol. The molecule has 0 saturated carbocycles. The summed E-state index contributed by atoms with van der Waals surface area (Å²) >= 11 is 0. The molecule has 1 N–H and O–H groups in total. The number of imidazole rings is 1. The van der Waals surface area contributed by atoms with Crippen LogP contribution in [0.3, 0.4) is 0 Å². The molecule has 0 fully saturated rings. The fraction of sp³-hybridized carbons (Fsp3) is 0.273. The van der Waals surface area contributed by atoms with E-state index < -0.39 is 0 Å². The van der Waals surface area contributed by atoms with E-state index in [2.05, 4.69) is 34.3 Å². The number of carbonyl (C=O) groups excluding carboxylic acids is 1. The summed E-state index contributed by atoms with van der Waals surface area (Å²) in [5, 5.41) is 12.5. The highest BCUT2D eigenvalue weighted by molar-refractivity contribution is 5.94. The summed E-state index contributed by atoms with van der Waals surface area (Å²) in [4.78, 5) is 22.8. The van der Waals surface area contributed by atoms with E-state index in [0.29, 0.717) is 11.4 Å². The van der Waals surface area contributed by atoms with Gasteiger partial charge in [-0.15, -0.1) is 0 Å². The van der Waals surface area contributed by atoms with Crippen molar-refractivity contribution in [3.05, 3.63) is 65.9 Å². The average Bonchev–Trinajstić information content (AvgIpc) is 3.14. The molecule has 0 saturated heterocycles. The zero-order chi connectivity index (χ0) is 20.5. The fourth-order valence-corrected chi connectivity index (χ4v) is 3.91. The van der Waals surface area contributed by atoms with Crippen LogP contribution in [0.15, 0.2) is 49.1 Å². The maximum atomic E-state index is 12.3. The molecule has 1 aromatic carbocycles. The first-order valence-corrected chi connectivity index (χ1v) is 9.53. The number of fused-ring (bicyclic) bond motifs is 1. The number of hydrogen-bond acceptors (Lipinski definition) is 5. The molecule has 0 radical (unpaired) electrons. The number of carbonyl (C=O) groups is 1. The lowest BCUT2D eigenvalue weighted by Crippen LogP contribution is -2.43. The number of anilines is 2. The van der Waals surface area contributed by atoms with Gasteiger partial charge in [0.15, 0.2) is 0 Å². The minimum absolute atomic E-state index is 0.0133. The molecule has 146 valence electrons. The summed E-state index contributed by atoms with van der Waals surface area (Å²) in [6.07, 6.45) is 6.07. The van der Waals surface area contributed by atoms with E-state index in [1.54, 1.807) is 25.5 Å². The first-order chi connectivity index (χ1) is 14.0. The summed E-state index contributed by atoms with van der Waals surface area (Å²) < 4.78 is 1.97. The highest BCUT2D eigenvalue weighted by Crippen LogP contribution is 2.40. The number of rotatable bonds is 3. The van der Waals surface area contributed by atoms with Crippen molar-refractivity contribution < 1.29 is 4.79 Å². The van der Waals surface area contributed by atoms with Crippen LogP contribution in [0.1, 0.15) is 43.1 Å². The third-order valence-corrected chi connectivity index (χ3v) is 5.23. The van der Waals surface area contributed by atoms with E-state index in [4.69, 9.17) is 5.26 Å². The third-order valence-electron chi connectivity index (χ3n) is 5.23. The standard InChI is InChI=1S/C22H22N6O/c1-14-12-27(13-25-14)18-5-6-21-19(9-18)20(8-15(2)28(21)16(3)29)26-22-7-4-17(10-23)11-24-22/h4-7,9,11-13,15,20H,8H2,1-3H3,(H,24,26)/t15-,20?/m1/s1. The van der Waals surface area contributed by atoms with Crippen LogP contribution in [0.2, 0.25) is 0 Å². The second kappa shape index (κ2) is 7.40. The van der Waals surface area contributed by atoms with Crippen LogP contribution in [-0.2, 0) is 4.79 Å². The van der Waals surface area contributed by atoms with E-state index in [1.807, 2.05) is 40.8 Å². The smallest absolute Gasteiger partial charge is 0.224 e. The zero-order valence-electron chi connectivity index (χ0n) is 16.6. The number of benzene rings is 1. The Morgan fingerprint density at radius 1 is 1.28 bits per heavy atom. The van der Waals surface area contributed by atoms with Crippen LogP contribution in [-0.4, -0.2) is 26.5 Å². The summed E-state index contributed by atoms with van der Waals surface area (Å²) in [5.41, 5.74) is 4.39. The molecule has 2 aromatic heterocycles. The van der Waals surface area contributed by atoms with Gasteiger partial charge in [-0.1, -0.05) is 0 Å². The maximum absolute atomic E-state index is 12.3. The number of aromatic nitrogens is 3. The van der Waals surface area contributed by atoms with Gasteiger partial charge in [-0.05, 0) is 50.6 Å². The van der Waals surface area contributed by atoms with Crippen molar-refractivity contribution in [2.24, 2.45) is 0 Å². The van der Waals surface area contributed by atoms with Gasteiger partial charge >= 0.3 is 0 Å². The van der Waals surface area contributed by atoms with Gasteiger partial charge in [0.2, 0.25) is 5.91 Å². The Kier molecular flexibility index (Phi) is 4.77. The Bertz CT molecular complexity index is 1100. The number of nitriles is 1. The lowest BCUT2D eigenvalue weighted by atomic mass is 9.91. The Hall–Kier alpha value is -3.66. The van der Waals surface area contributed by atoms with Crippen LogP contribution in [0.5, 0.6) is 0 Å². The summed E-state index contributed by atoms with van der Waals surface area (Å²) in [5.74, 6) is 0.729. The van der Waals surface area contributed by atoms with Gasteiger partial charge in [-0.2, -0.15) is 5.26 Å². The molecule has 0 bridgehead atoms. The molecule has 1 aliphatic heterocycles. The fourth-order valence-electron chi connectivity index (χ4n) is 3.91. The number of nitrogens with zero attached hydrogens (tertiary/aromatic N) is 5. The highest BCUT2D eigenvalue weighted by atomic mass is 16.2. The van der Waals surface area contributed by atoms with E-state index >= 15 is 0 Å². The monoisotopic (exact) mass is 386 g/mol. The van der Waals surface area contributed by atoms with Crippen LogP contribution in [0.4, 0.5) is 11.5 Å². The van der Waals surface area contributed by atoms with E-state index in [-0.39, 0.29) is 18.0 Å². The van der Waals surface area contributed by atoms with Gasteiger partial charge < -0.3 is 14.8 Å². The van der Waals surface area contributed by atoms with E-state index in [1.165, 1.54) is 0 Å².